The van der Waals surface area contributed by atoms with E-state index < -0.39 is 22.7 Å². The van der Waals surface area contributed by atoms with Crippen molar-refractivity contribution in [2.24, 2.45) is 0 Å². The molecule has 1 aromatic carbocycles. The van der Waals surface area contributed by atoms with Gasteiger partial charge in [-0.05, 0) is 45.3 Å². The van der Waals surface area contributed by atoms with Gasteiger partial charge in [0, 0.05) is 5.56 Å². The number of para-hydroxylation sites is 1. The van der Waals surface area contributed by atoms with E-state index >= 15 is 0 Å². The lowest BCUT2D eigenvalue weighted by atomic mass is 10.1. The Morgan fingerprint density at radius 1 is 1.00 bits per heavy atom. The van der Waals surface area contributed by atoms with Crippen molar-refractivity contribution in [2.45, 2.75) is 45.4 Å². The van der Waals surface area contributed by atoms with E-state index in [2.05, 4.69) is 19.6 Å². The van der Waals surface area contributed by atoms with Crippen LogP contribution in [-0.2, 0) is 13.6 Å². The van der Waals surface area contributed by atoms with Gasteiger partial charge in [-0.15, -0.1) is 0 Å². The van der Waals surface area contributed by atoms with Crippen LogP contribution in [-0.4, -0.2) is 29.7 Å². The van der Waals surface area contributed by atoms with Gasteiger partial charge in [0.05, 0.1) is 7.11 Å². The van der Waals surface area contributed by atoms with Crippen molar-refractivity contribution in [3.05, 3.63) is 29.8 Å². The molecule has 1 rings (SSSR count). The Kier molecular flexibility index (Phi) is 5.78. The topological polar surface area (TPSA) is 44.8 Å². The zero-order chi connectivity index (χ0) is 16.3. The van der Waals surface area contributed by atoms with Crippen LogP contribution in [0.2, 0.25) is 39.3 Å². The molecule has 0 aliphatic carbocycles. The summed E-state index contributed by atoms with van der Waals surface area (Å²) in [5.74, 6) is 0.328. The average molecular weight is 327 g/mol. The Morgan fingerprint density at radius 3 is 2.05 bits per heavy atom. The molecule has 0 heterocycles. The summed E-state index contributed by atoms with van der Waals surface area (Å²) in [4.78, 5) is 12.6. The first-order valence-electron chi connectivity index (χ1n) is 7.07. The molecular formula is C15H26O4Si2. The minimum Gasteiger partial charge on any atom is -0.518 e. The summed E-state index contributed by atoms with van der Waals surface area (Å²) in [6.07, 6.45) is -0.723. The minimum absolute atomic E-state index is 0.318. The monoisotopic (exact) mass is 326 g/mol. The summed E-state index contributed by atoms with van der Waals surface area (Å²) in [7, 11) is -2.30. The van der Waals surface area contributed by atoms with Crippen LogP contribution in [0.15, 0.2) is 24.3 Å². The van der Waals surface area contributed by atoms with Gasteiger partial charge in [-0.25, -0.2) is 0 Å². The van der Waals surface area contributed by atoms with E-state index in [0.717, 1.165) is 5.56 Å². The van der Waals surface area contributed by atoms with Crippen LogP contribution in [0.25, 0.3) is 0 Å². The zero-order valence-corrected chi connectivity index (χ0v) is 16.0. The second kappa shape index (κ2) is 6.76. The van der Waals surface area contributed by atoms with Gasteiger partial charge in [0.25, 0.3) is 0 Å². The molecular weight excluding hydrogens is 300 g/mol. The van der Waals surface area contributed by atoms with Crippen LogP contribution >= 0.6 is 0 Å². The fourth-order valence-corrected chi connectivity index (χ4v) is 3.47. The molecule has 0 aliphatic heterocycles. The Labute approximate surface area is 129 Å². The van der Waals surface area contributed by atoms with Crippen molar-refractivity contribution in [3.8, 4) is 5.75 Å². The molecule has 0 N–H and O–H groups in total. The van der Waals surface area contributed by atoms with E-state index in [0.29, 0.717) is 5.75 Å². The number of methoxy groups -OCH3 is 1. The number of rotatable bonds is 6. The first kappa shape index (κ1) is 17.9. The molecule has 0 saturated heterocycles. The van der Waals surface area contributed by atoms with Crippen LogP contribution in [0.4, 0.5) is 0 Å². The van der Waals surface area contributed by atoms with Gasteiger partial charge < -0.3 is 13.6 Å². The van der Waals surface area contributed by atoms with Crippen molar-refractivity contribution >= 4 is 22.6 Å². The highest BCUT2D eigenvalue weighted by Crippen LogP contribution is 2.31. The fraction of sp³-hybridized carbons (Fsp3) is 0.533. The van der Waals surface area contributed by atoms with Gasteiger partial charge in [0.15, 0.2) is 14.4 Å². The molecule has 1 unspecified atom stereocenters. The first-order chi connectivity index (χ1) is 9.53. The molecule has 0 saturated carbocycles. The zero-order valence-electron chi connectivity index (χ0n) is 14.0. The Hall–Kier alpha value is -1.12. The predicted molar refractivity (Wildman–Crippen MR) is 89.6 cm³/mol. The predicted octanol–water partition coefficient (Wildman–Crippen LogP) is 3.97. The maximum atomic E-state index is 12.6. The van der Waals surface area contributed by atoms with Crippen LogP contribution in [0.3, 0.4) is 0 Å². The summed E-state index contributed by atoms with van der Waals surface area (Å²) < 4.78 is 17.1. The second-order valence-electron chi connectivity index (χ2n) is 6.89. The highest BCUT2D eigenvalue weighted by Gasteiger charge is 2.34. The highest BCUT2D eigenvalue weighted by atomic mass is 28.4. The second-order valence-corrected chi connectivity index (χ2v) is 15.8. The lowest BCUT2D eigenvalue weighted by molar-refractivity contribution is -0.143. The van der Waals surface area contributed by atoms with Crippen molar-refractivity contribution in [3.63, 3.8) is 0 Å². The number of carbonyl (C=O) groups is 1. The molecule has 4 nitrogen and oxygen atoms in total. The quantitative estimate of drug-likeness (QED) is 0.742. The first-order valence-corrected chi connectivity index (χ1v) is 13.9. The van der Waals surface area contributed by atoms with E-state index in [1.807, 2.05) is 43.9 Å². The Balaban J connectivity index is 3.16. The number of carbonyl (C=O) groups excluding carboxylic acids is 1. The standard InChI is InChI=1S/C15H26O4Si2/c1-17-13-11-9-8-10-12(13)14(18-20(2,3)4)15(16)19-21(5,6)7/h8-11,14H,1-7H3. The smallest absolute Gasteiger partial charge is 0.325 e. The third-order valence-electron chi connectivity index (χ3n) is 2.51. The molecule has 0 bridgehead atoms. The van der Waals surface area contributed by atoms with E-state index in [1.165, 1.54) is 0 Å². The third-order valence-corrected chi connectivity index (χ3v) is 4.27. The SMILES string of the molecule is COc1ccccc1C(O[Si](C)(C)C)C(=O)O[Si](C)(C)C. The number of ether oxygens (including phenoxy) is 1. The Bertz CT molecular complexity index is 489. The van der Waals surface area contributed by atoms with Crippen LogP contribution in [0, 0.1) is 0 Å². The molecule has 0 aliphatic rings. The Morgan fingerprint density at radius 2 is 1.57 bits per heavy atom. The molecule has 21 heavy (non-hydrogen) atoms. The fourth-order valence-electron chi connectivity index (χ4n) is 1.83. The molecule has 1 aromatic rings. The van der Waals surface area contributed by atoms with Crippen molar-refractivity contribution in [1.82, 2.24) is 0 Å². The number of hydrogen-bond acceptors (Lipinski definition) is 4. The van der Waals surface area contributed by atoms with Gasteiger partial charge in [-0.3, -0.25) is 4.79 Å². The molecule has 1 atom stereocenters. The molecule has 118 valence electrons. The van der Waals surface area contributed by atoms with Crippen molar-refractivity contribution in [2.75, 3.05) is 7.11 Å². The third kappa shape index (κ3) is 6.03. The maximum Gasteiger partial charge on any atom is 0.325 e. The molecule has 0 aromatic heterocycles. The molecule has 0 spiro atoms. The van der Waals surface area contributed by atoms with Crippen LogP contribution in [0.1, 0.15) is 11.7 Å². The average Bonchev–Trinajstić information content (AvgIpc) is 2.32. The lowest BCUT2D eigenvalue weighted by Crippen LogP contribution is -2.37. The van der Waals surface area contributed by atoms with Crippen molar-refractivity contribution in [1.29, 1.82) is 0 Å². The summed E-state index contributed by atoms with van der Waals surface area (Å²) in [5.41, 5.74) is 0.727. The van der Waals surface area contributed by atoms with E-state index in [9.17, 15) is 4.79 Å². The molecule has 0 radical (unpaired) electrons. The van der Waals surface area contributed by atoms with Gasteiger partial charge in [-0.2, -0.15) is 0 Å². The van der Waals surface area contributed by atoms with Gasteiger partial charge in [0.1, 0.15) is 5.75 Å². The van der Waals surface area contributed by atoms with Crippen LogP contribution < -0.4 is 4.74 Å². The van der Waals surface area contributed by atoms with Crippen molar-refractivity contribution < 1.29 is 18.4 Å². The van der Waals surface area contributed by atoms with E-state index in [1.54, 1.807) is 7.11 Å². The van der Waals surface area contributed by atoms with Gasteiger partial charge in [0.2, 0.25) is 8.32 Å². The highest BCUT2D eigenvalue weighted by molar-refractivity contribution is 6.71. The van der Waals surface area contributed by atoms with E-state index in [4.69, 9.17) is 13.6 Å². The molecule has 6 heteroatoms. The van der Waals surface area contributed by atoms with Gasteiger partial charge >= 0.3 is 5.97 Å². The summed E-state index contributed by atoms with van der Waals surface area (Å²) >= 11 is 0. The summed E-state index contributed by atoms with van der Waals surface area (Å²) in [6, 6.07) is 7.44. The maximum absolute atomic E-state index is 12.6. The van der Waals surface area contributed by atoms with E-state index in [-0.39, 0.29) is 5.97 Å². The lowest BCUT2D eigenvalue weighted by Gasteiger charge is -2.29. The minimum atomic E-state index is -1.97. The summed E-state index contributed by atoms with van der Waals surface area (Å²) in [5, 5.41) is 0. The van der Waals surface area contributed by atoms with Gasteiger partial charge in [-0.1, -0.05) is 18.2 Å². The largest absolute Gasteiger partial charge is 0.518 e. The molecule has 0 amide bonds. The number of benzene rings is 1. The normalized spacial score (nSPS) is 13.7. The summed E-state index contributed by atoms with van der Waals surface area (Å²) in [6.45, 7) is 12.1. The molecule has 0 fully saturated rings. The number of hydrogen-bond donors (Lipinski definition) is 0. The van der Waals surface area contributed by atoms with Crippen LogP contribution in [0.5, 0.6) is 5.75 Å².